The number of carbonyl (C=O) groups excluding carboxylic acids is 1. The molecule has 0 spiro atoms. The average Bonchev–Trinajstić information content (AvgIpc) is 2.51. The standard InChI is InChI=1S/C18H24O3/c1-15(19)20-12-6-10-16-9-5-11-18(13-16)21-14-17-7-3-2-4-8-17/h5-6,9-11,13,17H,2-4,7-8,12,14H2,1H3/b10-6+. The van der Waals surface area contributed by atoms with Gasteiger partial charge in [0.05, 0.1) is 6.61 Å². The van der Waals surface area contributed by atoms with Gasteiger partial charge < -0.3 is 9.47 Å². The second kappa shape index (κ2) is 8.50. The van der Waals surface area contributed by atoms with Crippen LogP contribution in [0.15, 0.2) is 30.3 Å². The van der Waals surface area contributed by atoms with Crippen LogP contribution in [-0.4, -0.2) is 19.2 Å². The van der Waals surface area contributed by atoms with Gasteiger partial charge >= 0.3 is 5.97 Å². The summed E-state index contributed by atoms with van der Waals surface area (Å²) < 4.78 is 10.8. The number of benzene rings is 1. The highest BCUT2D eigenvalue weighted by molar-refractivity contribution is 5.66. The van der Waals surface area contributed by atoms with E-state index in [2.05, 4.69) is 0 Å². The summed E-state index contributed by atoms with van der Waals surface area (Å²) in [4.78, 5) is 10.7. The van der Waals surface area contributed by atoms with E-state index in [1.165, 1.54) is 39.0 Å². The third-order valence-electron chi connectivity index (χ3n) is 3.76. The lowest BCUT2D eigenvalue weighted by Gasteiger charge is -2.21. The van der Waals surface area contributed by atoms with Crippen LogP contribution in [0.4, 0.5) is 0 Å². The summed E-state index contributed by atoms with van der Waals surface area (Å²) in [5.41, 5.74) is 1.06. The minimum absolute atomic E-state index is 0.260. The molecule has 2 rings (SSSR count). The molecule has 1 aliphatic carbocycles. The van der Waals surface area contributed by atoms with Gasteiger partial charge in [-0.2, -0.15) is 0 Å². The molecule has 1 aliphatic rings. The third-order valence-corrected chi connectivity index (χ3v) is 3.76. The van der Waals surface area contributed by atoms with E-state index in [1.54, 1.807) is 0 Å². The quantitative estimate of drug-likeness (QED) is 0.735. The molecule has 0 heterocycles. The van der Waals surface area contributed by atoms with Crippen LogP contribution >= 0.6 is 0 Å². The van der Waals surface area contributed by atoms with Gasteiger partial charge in [0.25, 0.3) is 0 Å². The topological polar surface area (TPSA) is 35.5 Å². The molecule has 1 fully saturated rings. The minimum atomic E-state index is -0.260. The first kappa shape index (κ1) is 15.6. The van der Waals surface area contributed by atoms with Crippen LogP contribution in [0.5, 0.6) is 5.75 Å². The molecule has 0 N–H and O–H groups in total. The van der Waals surface area contributed by atoms with E-state index < -0.39 is 0 Å². The molecule has 0 aliphatic heterocycles. The van der Waals surface area contributed by atoms with Gasteiger partial charge in [0.15, 0.2) is 0 Å². The Morgan fingerprint density at radius 2 is 2.10 bits per heavy atom. The van der Waals surface area contributed by atoms with E-state index in [1.807, 2.05) is 36.4 Å². The summed E-state index contributed by atoms with van der Waals surface area (Å²) in [5, 5.41) is 0. The minimum Gasteiger partial charge on any atom is -0.493 e. The van der Waals surface area contributed by atoms with Crippen molar-refractivity contribution in [2.75, 3.05) is 13.2 Å². The summed E-state index contributed by atoms with van der Waals surface area (Å²) in [6.07, 6.45) is 10.4. The van der Waals surface area contributed by atoms with Gasteiger partial charge in [0.1, 0.15) is 12.4 Å². The number of ether oxygens (including phenoxy) is 2. The molecule has 0 unspecified atom stereocenters. The van der Waals surface area contributed by atoms with Crippen molar-refractivity contribution in [3.05, 3.63) is 35.9 Å². The lowest BCUT2D eigenvalue weighted by Crippen LogP contribution is -2.15. The number of hydrogen-bond donors (Lipinski definition) is 0. The normalized spacial score (nSPS) is 16.0. The van der Waals surface area contributed by atoms with E-state index in [4.69, 9.17) is 9.47 Å². The Morgan fingerprint density at radius 3 is 2.86 bits per heavy atom. The Labute approximate surface area is 127 Å². The Balaban J connectivity index is 1.80. The van der Waals surface area contributed by atoms with E-state index in [0.717, 1.165) is 17.9 Å². The van der Waals surface area contributed by atoms with Crippen molar-refractivity contribution < 1.29 is 14.3 Å². The average molecular weight is 288 g/mol. The molecule has 21 heavy (non-hydrogen) atoms. The first-order chi connectivity index (χ1) is 10.2. The summed E-state index contributed by atoms with van der Waals surface area (Å²) in [7, 11) is 0. The number of hydrogen-bond acceptors (Lipinski definition) is 3. The van der Waals surface area contributed by atoms with Gasteiger partial charge in [-0.1, -0.05) is 37.5 Å². The molecule has 3 heteroatoms. The molecular formula is C18H24O3. The Morgan fingerprint density at radius 1 is 1.29 bits per heavy atom. The lowest BCUT2D eigenvalue weighted by atomic mass is 9.90. The highest BCUT2D eigenvalue weighted by Gasteiger charge is 2.13. The summed E-state index contributed by atoms with van der Waals surface area (Å²) in [6.45, 7) is 2.54. The number of carbonyl (C=O) groups is 1. The molecule has 0 bridgehead atoms. The summed E-state index contributed by atoms with van der Waals surface area (Å²) in [6, 6.07) is 8.01. The van der Waals surface area contributed by atoms with Gasteiger partial charge in [0, 0.05) is 6.92 Å². The van der Waals surface area contributed by atoms with E-state index in [-0.39, 0.29) is 5.97 Å². The Kier molecular flexibility index (Phi) is 6.32. The van der Waals surface area contributed by atoms with Crippen LogP contribution < -0.4 is 4.74 Å². The number of esters is 1. The number of rotatable bonds is 6. The van der Waals surface area contributed by atoms with Gasteiger partial charge in [-0.25, -0.2) is 0 Å². The van der Waals surface area contributed by atoms with E-state index in [0.29, 0.717) is 12.5 Å². The fourth-order valence-electron chi connectivity index (χ4n) is 2.63. The Hall–Kier alpha value is -1.77. The van der Waals surface area contributed by atoms with Gasteiger partial charge in [0.2, 0.25) is 0 Å². The maximum atomic E-state index is 10.7. The molecule has 1 aromatic carbocycles. The monoisotopic (exact) mass is 288 g/mol. The molecule has 0 saturated heterocycles. The van der Waals surface area contributed by atoms with Crippen molar-refractivity contribution in [1.29, 1.82) is 0 Å². The Bertz CT molecular complexity index is 473. The van der Waals surface area contributed by atoms with Crippen molar-refractivity contribution in [3.63, 3.8) is 0 Å². The van der Waals surface area contributed by atoms with Gasteiger partial charge in [-0.3, -0.25) is 4.79 Å². The molecule has 1 aromatic rings. The molecule has 114 valence electrons. The maximum Gasteiger partial charge on any atom is 0.302 e. The van der Waals surface area contributed by atoms with Crippen LogP contribution in [0.1, 0.15) is 44.6 Å². The lowest BCUT2D eigenvalue weighted by molar-refractivity contribution is -0.139. The predicted molar refractivity (Wildman–Crippen MR) is 84.2 cm³/mol. The molecule has 0 radical (unpaired) electrons. The van der Waals surface area contributed by atoms with Crippen molar-refractivity contribution in [2.45, 2.75) is 39.0 Å². The van der Waals surface area contributed by atoms with Crippen molar-refractivity contribution in [1.82, 2.24) is 0 Å². The smallest absolute Gasteiger partial charge is 0.302 e. The summed E-state index contributed by atoms with van der Waals surface area (Å²) >= 11 is 0. The van der Waals surface area contributed by atoms with Crippen LogP contribution in [0.2, 0.25) is 0 Å². The first-order valence-corrected chi connectivity index (χ1v) is 7.77. The predicted octanol–water partition coefficient (Wildman–Crippen LogP) is 4.22. The summed E-state index contributed by atoms with van der Waals surface area (Å²) in [5.74, 6) is 1.36. The zero-order valence-corrected chi connectivity index (χ0v) is 12.7. The van der Waals surface area contributed by atoms with Crippen LogP contribution in [-0.2, 0) is 9.53 Å². The van der Waals surface area contributed by atoms with Crippen molar-refractivity contribution >= 4 is 12.0 Å². The fourth-order valence-corrected chi connectivity index (χ4v) is 2.63. The molecular weight excluding hydrogens is 264 g/mol. The molecule has 0 amide bonds. The molecule has 0 atom stereocenters. The van der Waals surface area contributed by atoms with Crippen molar-refractivity contribution in [3.8, 4) is 5.75 Å². The van der Waals surface area contributed by atoms with Crippen LogP contribution in [0, 0.1) is 5.92 Å². The fraction of sp³-hybridized carbons (Fsp3) is 0.500. The van der Waals surface area contributed by atoms with E-state index in [9.17, 15) is 4.79 Å². The highest BCUT2D eigenvalue weighted by atomic mass is 16.5. The molecule has 0 aromatic heterocycles. The SMILES string of the molecule is CC(=O)OC/C=C/c1cccc(OCC2CCCCC2)c1. The van der Waals surface area contributed by atoms with Crippen LogP contribution in [0.3, 0.4) is 0 Å². The second-order valence-corrected chi connectivity index (χ2v) is 5.59. The molecule has 1 saturated carbocycles. The van der Waals surface area contributed by atoms with E-state index >= 15 is 0 Å². The second-order valence-electron chi connectivity index (χ2n) is 5.59. The highest BCUT2D eigenvalue weighted by Crippen LogP contribution is 2.25. The zero-order valence-electron chi connectivity index (χ0n) is 12.7. The van der Waals surface area contributed by atoms with Crippen molar-refractivity contribution in [2.24, 2.45) is 5.92 Å². The maximum absolute atomic E-state index is 10.7. The largest absolute Gasteiger partial charge is 0.493 e. The molecule has 3 nitrogen and oxygen atoms in total. The third kappa shape index (κ3) is 6.03. The zero-order chi connectivity index (χ0) is 14.9. The van der Waals surface area contributed by atoms with Gasteiger partial charge in [-0.05, 0) is 42.5 Å². The van der Waals surface area contributed by atoms with Gasteiger partial charge in [-0.15, -0.1) is 0 Å². The first-order valence-electron chi connectivity index (χ1n) is 7.77. The van der Waals surface area contributed by atoms with Crippen LogP contribution in [0.25, 0.3) is 6.08 Å².